The van der Waals surface area contributed by atoms with Gasteiger partial charge in [0.25, 0.3) is 5.91 Å². The topological polar surface area (TPSA) is 50.7 Å². The van der Waals surface area contributed by atoms with Crippen LogP contribution in [0.15, 0.2) is 23.4 Å². The van der Waals surface area contributed by atoms with E-state index in [0.717, 1.165) is 0 Å². The van der Waals surface area contributed by atoms with Crippen LogP contribution in [0.1, 0.15) is 19.4 Å². The van der Waals surface area contributed by atoms with Gasteiger partial charge in [-0.15, -0.1) is 0 Å². The van der Waals surface area contributed by atoms with Gasteiger partial charge in [-0.05, 0) is 12.0 Å². The summed E-state index contributed by atoms with van der Waals surface area (Å²) >= 11 is 11.8. The second kappa shape index (κ2) is 8.02. The molecule has 0 bridgehead atoms. The highest BCUT2D eigenvalue weighted by atomic mass is 35.5. The van der Waals surface area contributed by atoms with E-state index in [2.05, 4.69) is 10.5 Å². The molecule has 0 radical (unpaired) electrons. The van der Waals surface area contributed by atoms with Crippen molar-refractivity contribution in [2.24, 2.45) is 11.1 Å². The lowest BCUT2D eigenvalue weighted by Gasteiger charge is -2.06. The van der Waals surface area contributed by atoms with Gasteiger partial charge in [0.05, 0.1) is 16.3 Å². The molecule has 1 N–H and O–H groups in total. The first-order valence-electron chi connectivity index (χ1n) is 5.86. The highest BCUT2D eigenvalue weighted by molar-refractivity contribution is 6.43. The number of hydrogen-bond acceptors (Lipinski definition) is 3. The summed E-state index contributed by atoms with van der Waals surface area (Å²) in [5.74, 6) is 0.195. The smallest absolute Gasteiger partial charge is 0.260 e. The van der Waals surface area contributed by atoms with Crippen molar-refractivity contribution in [2.45, 2.75) is 13.8 Å². The number of hydrogen-bond donors (Lipinski definition) is 1. The predicted molar refractivity (Wildman–Crippen MR) is 77.9 cm³/mol. The summed E-state index contributed by atoms with van der Waals surface area (Å²) in [6, 6.07) is 5.19. The molecule has 0 saturated carbocycles. The molecule has 0 fully saturated rings. The van der Waals surface area contributed by atoms with Crippen LogP contribution in [0.2, 0.25) is 10.0 Å². The van der Waals surface area contributed by atoms with Crippen molar-refractivity contribution < 1.29 is 9.63 Å². The summed E-state index contributed by atoms with van der Waals surface area (Å²) in [4.78, 5) is 16.2. The fraction of sp³-hybridized carbons (Fsp3) is 0.385. The summed E-state index contributed by atoms with van der Waals surface area (Å²) in [7, 11) is 0. The van der Waals surface area contributed by atoms with Crippen LogP contribution in [0.25, 0.3) is 0 Å². The fourth-order valence-corrected chi connectivity index (χ4v) is 1.54. The van der Waals surface area contributed by atoms with Gasteiger partial charge in [-0.25, -0.2) is 0 Å². The molecule has 0 aliphatic rings. The Labute approximate surface area is 122 Å². The van der Waals surface area contributed by atoms with Gasteiger partial charge in [0.1, 0.15) is 0 Å². The summed E-state index contributed by atoms with van der Waals surface area (Å²) in [6.07, 6.45) is 1.42. The highest BCUT2D eigenvalue weighted by Gasteiger charge is 2.03. The fourth-order valence-electron chi connectivity index (χ4n) is 1.18. The first kappa shape index (κ1) is 15.8. The third-order valence-electron chi connectivity index (χ3n) is 2.15. The number of carbonyl (C=O) groups excluding carboxylic acids is 1. The molecule has 1 aromatic rings. The van der Waals surface area contributed by atoms with Crippen LogP contribution in [0, 0.1) is 5.92 Å². The van der Waals surface area contributed by atoms with Gasteiger partial charge in [-0.3, -0.25) is 4.79 Å². The van der Waals surface area contributed by atoms with E-state index in [9.17, 15) is 4.79 Å². The van der Waals surface area contributed by atoms with E-state index in [1.54, 1.807) is 18.2 Å². The molecule has 6 heteroatoms. The Bertz CT molecular complexity index is 462. The van der Waals surface area contributed by atoms with E-state index in [0.29, 0.717) is 28.1 Å². The zero-order valence-corrected chi connectivity index (χ0v) is 12.3. The van der Waals surface area contributed by atoms with E-state index >= 15 is 0 Å². The number of amides is 1. The third-order valence-corrected chi connectivity index (χ3v) is 2.98. The summed E-state index contributed by atoms with van der Waals surface area (Å²) in [6.45, 7) is 4.52. The lowest BCUT2D eigenvalue weighted by atomic mass is 10.2. The van der Waals surface area contributed by atoms with Crippen molar-refractivity contribution >= 4 is 35.3 Å². The van der Waals surface area contributed by atoms with Gasteiger partial charge in [0.2, 0.25) is 0 Å². The number of rotatable bonds is 6. The summed E-state index contributed by atoms with van der Waals surface area (Å²) in [5.41, 5.74) is 0.636. The van der Waals surface area contributed by atoms with Crippen LogP contribution >= 0.6 is 23.2 Å². The zero-order chi connectivity index (χ0) is 14.3. The molecule has 0 spiro atoms. The maximum absolute atomic E-state index is 11.3. The van der Waals surface area contributed by atoms with Gasteiger partial charge < -0.3 is 10.2 Å². The van der Waals surface area contributed by atoms with Crippen LogP contribution in [-0.2, 0) is 9.63 Å². The quantitative estimate of drug-likeness (QED) is 0.648. The second-order valence-electron chi connectivity index (χ2n) is 4.35. The molecule has 19 heavy (non-hydrogen) atoms. The van der Waals surface area contributed by atoms with E-state index in [4.69, 9.17) is 28.0 Å². The molecule has 4 nitrogen and oxygen atoms in total. The standard InChI is InChI=1S/C13H16Cl2N2O2/c1-9(2)6-16-12(18)8-19-17-7-10-4-3-5-11(14)13(10)15/h3-5,7,9H,6,8H2,1-2H3,(H,16,18)/b17-7-. The number of carbonyl (C=O) groups is 1. The molecule has 0 unspecified atom stereocenters. The average Bonchev–Trinajstić information content (AvgIpc) is 2.37. The van der Waals surface area contributed by atoms with Crippen molar-refractivity contribution in [3.63, 3.8) is 0 Å². The average molecular weight is 303 g/mol. The molecule has 1 amide bonds. The maximum atomic E-state index is 11.3. The van der Waals surface area contributed by atoms with Gasteiger partial charge in [-0.1, -0.05) is 54.3 Å². The first-order valence-corrected chi connectivity index (χ1v) is 6.62. The number of nitrogens with one attached hydrogen (secondary N) is 1. The van der Waals surface area contributed by atoms with Crippen molar-refractivity contribution in [3.8, 4) is 0 Å². The number of benzene rings is 1. The molecule has 0 aromatic heterocycles. The molecule has 0 aliphatic heterocycles. The largest absolute Gasteiger partial charge is 0.386 e. The van der Waals surface area contributed by atoms with E-state index in [1.165, 1.54) is 6.21 Å². The lowest BCUT2D eigenvalue weighted by Crippen LogP contribution is -2.30. The Morgan fingerprint density at radius 2 is 2.21 bits per heavy atom. The molecular formula is C13H16Cl2N2O2. The van der Waals surface area contributed by atoms with Crippen molar-refractivity contribution in [2.75, 3.05) is 13.2 Å². The minimum atomic E-state index is -0.206. The normalized spacial score (nSPS) is 11.0. The SMILES string of the molecule is CC(C)CNC(=O)CO/N=C\c1cccc(Cl)c1Cl. The molecule has 1 aromatic carbocycles. The zero-order valence-electron chi connectivity index (χ0n) is 10.8. The number of halogens is 2. The number of oxime groups is 1. The minimum absolute atomic E-state index is 0.124. The maximum Gasteiger partial charge on any atom is 0.260 e. The predicted octanol–water partition coefficient (Wildman–Crippen LogP) is 3.12. The number of nitrogens with zero attached hydrogens (tertiary/aromatic N) is 1. The van der Waals surface area contributed by atoms with E-state index in [-0.39, 0.29) is 12.5 Å². The van der Waals surface area contributed by atoms with Crippen LogP contribution < -0.4 is 5.32 Å². The first-order chi connectivity index (χ1) is 9.00. The van der Waals surface area contributed by atoms with Crippen LogP contribution in [0.4, 0.5) is 0 Å². The van der Waals surface area contributed by atoms with Crippen LogP contribution in [-0.4, -0.2) is 25.3 Å². The van der Waals surface area contributed by atoms with Crippen LogP contribution in [0.3, 0.4) is 0 Å². The molecule has 0 heterocycles. The minimum Gasteiger partial charge on any atom is -0.386 e. The Balaban J connectivity index is 2.38. The molecule has 104 valence electrons. The lowest BCUT2D eigenvalue weighted by molar-refractivity contribution is -0.125. The van der Waals surface area contributed by atoms with E-state index < -0.39 is 0 Å². The van der Waals surface area contributed by atoms with Gasteiger partial charge in [-0.2, -0.15) is 0 Å². The molecule has 0 atom stereocenters. The van der Waals surface area contributed by atoms with Crippen molar-refractivity contribution in [3.05, 3.63) is 33.8 Å². The highest BCUT2D eigenvalue weighted by Crippen LogP contribution is 2.24. The second-order valence-corrected chi connectivity index (χ2v) is 5.13. The summed E-state index contributed by atoms with van der Waals surface area (Å²) in [5, 5.41) is 7.25. The van der Waals surface area contributed by atoms with Gasteiger partial charge >= 0.3 is 0 Å². The van der Waals surface area contributed by atoms with Gasteiger partial charge in [0, 0.05) is 12.1 Å². The Kier molecular flexibility index (Phi) is 6.67. The van der Waals surface area contributed by atoms with Crippen molar-refractivity contribution in [1.82, 2.24) is 5.32 Å². The Morgan fingerprint density at radius 3 is 2.89 bits per heavy atom. The monoisotopic (exact) mass is 302 g/mol. The molecule has 0 aliphatic carbocycles. The van der Waals surface area contributed by atoms with Gasteiger partial charge in [0.15, 0.2) is 6.61 Å². The summed E-state index contributed by atoms with van der Waals surface area (Å²) < 4.78 is 0. The third kappa shape index (κ3) is 5.94. The molecule has 0 saturated heterocycles. The van der Waals surface area contributed by atoms with Crippen LogP contribution in [0.5, 0.6) is 0 Å². The van der Waals surface area contributed by atoms with Crippen molar-refractivity contribution in [1.29, 1.82) is 0 Å². The molecular weight excluding hydrogens is 287 g/mol. The Morgan fingerprint density at radius 1 is 1.47 bits per heavy atom. The Hall–Kier alpha value is -1.26. The van der Waals surface area contributed by atoms with E-state index in [1.807, 2.05) is 13.8 Å². The molecule has 1 rings (SSSR count).